The van der Waals surface area contributed by atoms with Gasteiger partial charge in [0.15, 0.2) is 0 Å². The van der Waals surface area contributed by atoms with E-state index in [0.717, 1.165) is 5.56 Å². The van der Waals surface area contributed by atoms with Gasteiger partial charge in [-0.2, -0.15) is 11.3 Å². The molecule has 1 aromatic heterocycles. The number of thiophene rings is 1. The quantitative estimate of drug-likeness (QED) is 0.826. The Morgan fingerprint density at radius 2 is 2.17 bits per heavy atom. The van der Waals surface area contributed by atoms with Crippen molar-refractivity contribution in [2.45, 2.75) is 26.7 Å². The van der Waals surface area contributed by atoms with E-state index >= 15 is 0 Å². The first kappa shape index (κ1) is 14.7. The highest BCUT2D eigenvalue weighted by Crippen LogP contribution is 2.10. The van der Waals surface area contributed by atoms with Crippen LogP contribution in [0.4, 0.5) is 0 Å². The second-order valence-electron chi connectivity index (χ2n) is 4.69. The summed E-state index contributed by atoms with van der Waals surface area (Å²) in [5, 5.41) is 12.6. The first-order valence-corrected chi connectivity index (χ1v) is 6.94. The molecule has 0 bridgehead atoms. The molecular formula is C13H19NO3S. The molecule has 0 saturated carbocycles. The molecule has 4 nitrogen and oxygen atoms in total. The van der Waals surface area contributed by atoms with E-state index in [4.69, 9.17) is 5.11 Å². The largest absolute Gasteiger partial charge is 0.481 e. The predicted molar refractivity (Wildman–Crippen MR) is 71.7 cm³/mol. The molecule has 1 amide bonds. The third kappa shape index (κ3) is 5.31. The van der Waals surface area contributed by atoms with Crippen LogP contribution in [0.2, 0.25) is 0 Å². The summed E-state index contributed by atoms with van der Waals surface area (Å²) in [4.78, 5) is 24.3. The summed E-state index contributed by atoms with van der Waals surface area (Å²) >= 11 is 1.56. The van der Waals surface area contributed by atoms with Crippen LogP contribution in [-0.2, 0) is 16.0 Å². The van der Waals surface area contributed by atoms with Gasteiger partial charge in [-0.05, 0) is 28.3 Å². The smallest absolute Gasteiger partial charge is 0.305 e. The molecule has 0 aromatic carbocycles. The maximum Gasteiger partial charge on any atom is 0.305 e. The Morgan fingerprint density at radius 3 is 2.67 bits per heavy atom. The summed E-state index contributed by atoms with van der Waals surface area (Å²) in [5.74, 6) is -0.527. The van der Waals surface area contributed by atoms with Gasteiger partial charge in [-0.15, -0.1) is 0 Å². The second-order valence-corrected chi connectivity index (χ2v) is 5.47. The zero-order valence-electron chi connectivity index (χ0n) is 10.8. The summed E-state index contributed by atoms with van der Waals surface area (Å²) in [5.41, 5.74) is 0.995. The lowest BCUT2D eigenvalue weighted by molar-refractivity contribution is -0.138. The average Bonchev–Trinajstić information content (AvgIpc) is 2.76. The normalized spacial score (nSPS) is 10.6. The van der Waals surface area contributed by atoms with Crippen LogP contribution >= 0.6 is 11.3 Å². The molecule has 5 heteroatoms. The Balaban J connectivity index is 2.57. The van der Waals surface area contributed by atoms with Gasteiger partial charge in [0.25, 0.3) is 0 Å². The van der Waals surface area contributed by atoms with Crippen molar-refractivity contribution in [2.75, 3.05) is 13.1 Å². The molecule has 0 unspecified atom stereocenters. The van der Waals surface area contributed by atoms with Gasteiger partial charge in [-0.25, -0.2) is 0 Å². The van der Waals surface area contributed by atoms with Crippen molar-refractivity contribution in [3.8, 4) is 0 Å². The third-order valence-electron chi connectivity index (χ3n) is 2.47. The number of hydrogen-bond acceptors (Lipinski definition) is 3. The van der Waals surface area contributed by atoms with Crippen molar-refractivity contribution in [1.29, 1.82) is 0 Å². The van der Waals surface area contributed by atoms with E-state index in [1.54, 1.807) is 16.2 Å². The van der Waals surface area contributed by atoms with Gasteiger partial charge in [0.05, 0.1) is 12.8 Å². The minimum absolute atomic E-state index is 0.00208. The minimum atomic E-state index is -0.868. The predicted octanol–water partition coefficient (Wildman–Crippen LogP) is 2.25. The lowest BCUT2D eigenvalue weighted by Gasteiger charge is -2.23. The van der Waals surface area contributed by atoms with Crippen LogP contribution < -0.4 is 0 Å². The van der Waals surface area contributed by atoms with E-state index < -0.39 is 5.97 Å². The summed E-state index contributed by atoms with van der Waals surface area (Å²) in [6, 6.07) is 1.92. The Hall–Kier alpha value is -1.36. The molecule has 0 aliphatic rings. The highest BCUT2D eigenvalue weighted by molar-refractivity contribution is 7.07. The average molecular weight is 269 g/mol. The number of carbonyl (C=O) groups is 2. The first-order chi connectivity index (χ1) is 8.49. The number of carbonyl (C=O) groups excluding carboxylic acids is 1. The Labute approximate surface area is 111 Å². The lowest BCUT2D eigenvalue weighted by Crippen LogP contribution is -2.36. The molecule has 0 spiro atoms. The van der Waals surface area contributed by atoms with E-state index in [9.17, 15) is 9.59 Å². The van der Waals surface area contributed by atoms with Crippen LogP contribution in [0, 0.1) is 5.92 Å². The molecular weight excluding hydrogens is 250 g/mol. The zero-order chi connectivity index (χ0) is 13.5. The van der Waals surface area contributed by atoms with Crippen molar-refractivity contribution < 1.29 is 14.7 Å². The number of aliphatic carboxylic acids is 1. The maximum absolute atomic E-state index is 12.1. The van der Waals surface area contributed by atoms with E-state index in [-0.39, 0.29) is 18.9 Å². The molecule has 0 saturated heterocycles. The van der Waals surface area contributed by atoms with Gasteiger partial charge >= 0.3 is 5.97 Å². The van der Waals surface area contributed by atoms with Crippen molar-refractivity contribution in [3.63, 3.8) is 0 Å². The SMILES string of the molecule is CC(C)CN(CCC(=O)O)C(=O)Cc1ccsc1. The van der Waals surface area contributed by atoms with E-state index in [1.807, 2.05) is 30.7 Å². The lowest BCUT2D eigenvalue weighted by atomic mass is 10.1. The van der Waals surface area contributed by atoms with Crippen LogP contribution in [0.3, 0.4) is 0 Å². The Kier molecular flexibility index (Phi) is 5.85. The number of carboxylic acids is 1. The van der Waals surface area contributed by atoms with Crippen LogP contribution in [0.5, 0.6) is 0 Å². The van der Waals surface area contributed by atoms with E-state index in [2.05, 4.69) is 0 Å². The van der Waals surface area contributed by atoms with Crippen LogP contribution in [-0.4, -0.2) is 35.0 Å². The molecule has 1 aromatic rings. The third-order valence-corrected chi connectivity index (χ3v) is 3.20. The van der Waals surface area contributed by atoms with Gasteiger partial charge in [0, 0.05) is 13.1 Å². The van der Waals surface area contributed by atoms with Crippen molar-refractivity contribution >= 4 is 23.2 Å². The Morgan fingerprint density at radius 1 is 1.44 bits per heavy atom. The standard InChI is InChI=1S/C13H19NO3S/c1-10(2)8-14(5-3-13(16)17)12(15)7-11-4-6-18-9-11/h4,6,9-10H,3,5,7-8H2,1-2H3,(H,16,17). The van der Waals surface area contributed by atoms with Crippen molar-refractivity contribution in [1.82, 2.24) is 4.90 Å². The molecule has 18 heavy (non-hydrogen) atoms. The molecule has 1 rings (SSSR count). The molecule has 0 radical (unpaired) electrons. The summed E-state index contributed by atoms with van der Waals surface area (Å²) in [6.07, 6.45) is 0.359. The van der Waals surface area contributed by atoms with Crippen molar-refractivity contribution in [2.24, 2.45) is 5.92 Å². The molecule has 0 aliphatic heterocycles. The second kappa shape index (κ2) is 7.16. The fraction of sp³-hybridized carbons (Fsp3) is 0.538. The molecule has 100 valence electrons. The van der Waals surface area contributed by atoms with Crippen LogP contribution in [0.25, 0.3) is 0 Å². The summed E-state index contributed by atoms with van der Waals surface area (Å²) in [6.45, 7) is 4.93. The number of nitrogens with zero attached hydrogens (tertiary/aromatic N) is 1. The van der Waals surface area contributed by atoms with Gasteiger partial charge in [-0.1, -0.05) is 13.8 Å². The van der Waals surface area contributed by atoms with Crippen LogP contribution in [0.1, 0.15) is 25.8 Å². The summed E-state index contributed by atoms with van der Waals surface area (Å²) < 4.78 is 0. The number of hydrogen-bond donors (Lipinski definition) is 1. The summed E-state index contributed by atoms with van der Waals surface area (Å²) in [7, 11) is 0. The number of rotatable bonds is 7. The van der Waals surface area contributed by atoms with Gasteiger partial charge in [0.1, 0.15) is 0 Å². The number of carboxylic acid groups (broad SMARTS) is 1. The van der Waals surface area contributed by atoms with Crippen LogP contribution in [0.15, 0.2) is 16.8 Å². The van der Waals surface area contributed by atoms with E-state index in [1.165, 1.54) is 0 Å². The highest BCUT2D eigenvalue weighted by Gasteiger charge is 2.16. The molecule has 0 aliphatic carbocycles. The molecule has 1 heterocycles. The fourth-order valence-electron chi connectivity index (χ4n) is 1.67. The number of amides is 1. The minimum Gasteiger partial charge on any atom is -0.481 e. The zero-order valence-corrected chi connectivity index (χ0v) is 11.6. The van der Waals surface area contributed by atoms with Gasteiger partial charge in [-0.3, -0.25) is 9.59 Å². The highest BCUT2D eigenvalue weighted by atomic mass is 32.1. The maximum atomic E-state index is 12.1. The van der Waals surface area contributed by atoms with Gasteiger partial charge in [0.2, 0.25) is 5.91 Å². The molecule has 1 N–H and O–H groups in total. The van der Waals surface area contributed by atoms with Crippen molar-refractivity contribution in [3.05, 3.63) is 22.4 Å². The van der Waals surface area contributed by atoms with Gasteiger partial charge < -0.3 is 10.0 Å². The first-order valence-electron chi connectivity index (χ1n) is 5.99. The monoisotopic (exact) mass is 269 g/mol. The molecule has 0 fully saturated rings. The van der Waals surface area contributed by atoms with E-state index in [0.29, 0.717) is 18.9 Å². The Bertz CT molecular complexity index is 387. The topological polar surface area (TPSA) is 57.6 Å². The fourth-order valence-corrected chi connectivity index (χ4v) is 2.34. The molecule has 0 atom stereocenters.